The van der Waals surface area contributed by atoms with Crippen molar-refractivity contribution in [1.82, 2.24) is 39.8 Å². The Balaban J connectivity index is 0.595. The largest absolute Gasteiger partial charge is 0.457 e. The molecular formula is C56H69N9O10S. The molecule has 5 heterocycles. The monoisotopic (exact) mass is 1060 g/mol. The van der Waals surface area contributed by atoms with E-state index in [0.29, 0.717) is 126 Å². The minimum absolute atomic E-state index is 0.00436. The molecular weight excluding hydrogens is 991 g/mol. The first kappa shape index (κ1) is 54.5. The van der Waals surface area contributed by atoms with E-state index < -0.39 is 11.8 Å². The minimum atomic E-state index is -0.454. The van der Waals surface area contributed by atoms with Gasteiger partial charge in [0.2, 0.25) is 23.6 Å². The number of imide groups is 1. The Morgan fingerprint density at radius 2 is 1.45 bits per heavy atom. The van der Waals surface area contributed by atoms with E-state index in [0.717, 1.165) is 79.3 Å². The van der Waals surface area contributed by atoms with E-state index in [1.807, 2.05) is 87.3 Å². The summed E-state index contributed by atoms with van der Waals surface area (Å²) in [7, 11) is 0. The molecule has 2 aromatic heterocycles. The summed E-state index contributed by atoms with van der Waals surface area (Å²) in [6.45, 7) is 7.66. The zero-order valence-electron chi connectivity index (χ0n) is 43.1. The third kappa shape index (κ3) is 14.2. The molecule has 0 spiro atoms. The van der Waals surface area contributed by atoms with Gasteiger partial charge in [-0.05, 0) is 99.5 Å². The number of hydrogen-bond donors (Lipinski definition) is 2. The Hall–Kier alpha value is -6.29. The van der Waals surface area contributed by atoms with E-state index >= 15 is 0 Å². The van der Waals surface area contributed by atoms with Gasteiger partial charge >= 0.3 is 0 Å². The number of piperazine rings is 1. The van der Waals surface area contributed by atoms with Gasteiger partial charge in [-0.3, -0.25) is 34.2 Å². The Morgan fingerprint density at radius 1 is 0.711 bits per heavy atom. The van der Waals surface area contributed by atoms with Crippen LogP contribution < -0.4 is 15.8 Å². The number of ether oxygens (including phenoxy) is 5. The Morgan fingerprint density at radius 3 is 2.21 bits per heavy atom. The second-order valence-electron chi connectivity index (χ2n) is 19.6. The van der Waals surface area contributed by atoms with E-state index in [-0.39, 0.29) is 48.5 Å². The zero-order valence-corrected chi connectivity index (χ0v) is 43.9. The third-order valence-corrected chi connectivity index (χ3v) is 15.6. The number of benzene rings is 3. The molecule has 20 heteroatoms. The molecule has 0 bridgehead atoms. The molecule has 3 saturated heterocycles. The fourth-order valence-electron chi connectivity index (χ4n) is 10.6. The van der Waals surface area contributed by atoms with Gasteiger partial charge in [0.25, 0.3) is 0 Å². The molecule has 76 heavy (non-hydrogen) atoms. The molecule has 3 aliphatic heterocycles. The number of fused-ring (bicyclic) bond motifs is 2. The summed E-state index contributed by atoms with van der Waals surface area (Å²) >= 11 is 1.66. The van der Waals surface area contributed by atoms with Gasteiger partial charge in [-0.15, -0.1) is 11.8 Å². The molecule has 9 rings (SSSR count). The molecule has 5 aromatic rings. The van der Waals surface area contributed by atoms with Crippen molar-refractivity contribution in [2.24, 2.45) is 11.8 Å². The van der Waals surface area contributed by atoms with Crippen LogP contribution in [0, 0.1) is 11.8 Å². The topological polar surface area (TPSA) is 223 Å². The molecule has 3 atom stereocenters. The van der Waals surface area contributed by atoms with Crippen LogP contribution in [0.1, 0.15) is 73.3 Å². The third-order valence-electron chi connectivity index (χ3n) is 14.6. The highest BCUT2D eigenvalue weighted by atomic mass is 32.2. The molecule has 404 valence electrons. The molecule has 4 aliphatic rings. The van der Waals surface area contributed by atoms with Crippen molar-refractivity contribution in [2.75, 3.05) is 110 Å². The number of nitrogens with zero attached hydrogens (tertiary/aromatic N) is 7. The number of Topliss-reactive ketones (excluding diaryl/α,β-unsaturated/α-hetero) is 1. The maximum atomic E-state index is 13.6. The Bertz CT molecular complexity index is 2770. The average molecular weight is 1060 g/mol. The first-order valence-electron chi connectivity index (χ1n) is 26.7. The first-order valence-corrected chi connectivity index (χ1v) is 27.7. The fourth-order valence-corrected chi connectivity index (χ4v) is 11.6. The number of nitrogen functional groups attached to an aromatic ring is 1. The summed E-state index contributed by atoms with van der Waals surface area (Å²) in [6, 6.07) is 23.1. The number of nitrogens with one attached hydrogen (secondary N) is 1. The van der Waals surface area contributed by atoms with Crippen molar-refractivity contribution in [3.05, 3.63) is 90.3 Å². The molecule has 0 saturated carbocycles. The number of rotatable bonds is 24. The van der Waals surface area contributed by atoms with Gasteiger partial charge in [0.05, 0.1) is 57.7 Å². The quantitative estimate of drug-likeness (QED) is 0.0313. The summed E-state index contributed by atoms with van der Waals surface area (Å²) in [6.07, 6.45) is 7.28. The number of nitrogens with two attached hydrogens (primary N) is 1. The lowest BCUT2D eigenvalue weighted by Crippen LogP contribution is -2.50. The summed E-state index contributed by atoms with van der Waals surface area (Å²) < 4.78 is 30.6. The molecule has 3 fully saturated rings. The molecule has 2 unspecified atom stereocenters. The summed E-state index contributed by atoms with van der Waals surface area (Å²) in [5.74, 6) is 1.19. The highest BCUT2D eigenvalue weighted by Gasteiger charge is 2.39. The van der Waals surface area contributed by atoms with Crippen LogP contribution in [0.3, 0.4) is 0 Å². The molecule has 19 nitrogen and oxygen atoms in total. The molecule has 1 aliphatic carbocycles. The number of anilines is 1. The first-order chi connectivity index (χ1) is 37.2. The van der Waals surface area contributed by atoms with Crippen molar-refractivity contribution in [3.63, 3.8) is 0 Å². The van der Waals surface area contributed by atoms with Crippen molar-refractivity contribution >= 4 is 58.0 Å². The highest BCUT2D eigenvalue weighted by Crippen LogP contribution is 2.38. The molecule has 3 aromatic carbocycles. The van der Waals surface area contributed by atoms with Gasteiger partial charge < -0.3 is 39.2 Å². The SMILES string of the molecule is Nc1ncnc2c1c(-c1ccc(Oc3ccccc3)cc1)nn2[C@@H]1CCCN(C(=O)CCCN2CCN(C(=O)COCCOCCOCCOCCSc3cccc4c3CCCC(C3CCC(=O)NC3=O)C4=O)CC2)C1. The number of para-hydroxylation sites is 1. The highest BCUT2D eigenvalue weighted by molar-refractivity contribution is 7.99. The number of carbonyl (C=O) groups is 5. The molecule has 4 amide bonds. The predicted octanol–water partition coefficient (Wildman–Crippen LogP) is 6.00. The lowest BCUT2D eigenvalue weighted by atomic mass is 9.79. The van der Waals surface area contributed by atoms with Gasteiger partial charge in [-0.25, -0.2) is 14.6 Å². The Kier molecular flexibility index (Phi) is 19.5. The zero-order chi connectivity index (χ0) is 52.6. The summed E-state index contributed by atoms with van der Waals surface area (Å²) in [5.41, 5.74) is 10.4. The molecule has 3 N–H and O–H groups in total. The standard InChI is InChI=1S/C56H69N9O10S/c57-54-51-52(39-16-18-42(19-17-39)75-41-9-2-1-3-10-41)61-65(55(51)59-38-58-54)40-8-6-23-64(36-40)49(67)15-7-22-62-24-26-63(27-25-62)50(68)37-74-33-32-72-29-28-71-30-31-73-34-35-76-47-14-5-13-44-43(47)11-4-12-45(53(44)69)46-20-21-48(66)60-56(46)70/h1-3,5,9-10,13-14,16-19,38,40,45-46H,4,6-8,11-12,15,20-37H2,(H2,57,58,59)(H,60,66,70)/t40-,45?,46?/m1/s1. The maximum Gasteiger partial charge on any atom is 0.248 e. The normalized spacial score (nSPS) is 19.4. The van der Waals surface area contributed by atoms with Crippen LogP contribution in [-0.2, 0) is 44.5 Å². The van der Waals surface area contributed by atoms with E-state index in [1.54, 1.807) is 11.8 Å². The van der Waals surface area contributed by atoms with Crippen molar-refractivity contribution < 1.29 is 47.7 Å². The summed E-state index contributed by atoms with van der Waals surface area (Å²) in [5, 5.41) is 8.15. The van der Waals surface area contributed by atoms with Crippen LogP contribution in [0.2, 0.25) is 0 Å². The fraction of sp³-hybridized carbons (Fsp3) is 0.500. The van der Waals surface area contributed by atoms with Crippen LogP contribution in [0.25, 0.3) is 22.3 Å². The second-order valence-corrected chi connectivity index (χ2v) is 20.7. The number of amides is 4. The van der Waals surface area contributed by atoms with Gasteiger partial charge in [0.1, 0.15) is 35.9 Å². The second kappa shape index (κ2) is 27.2. The average Bonchev–Trinajstić information content (AvgIpc) is 3.77. The van der Waals surface area contributed by atoms with Crippen LogP contribution in [0.4, 0.5) is 5.82 Å². The maximum absolute atomic E-state index is 13.6. The van der Waals surface area contributed by atoms with Crippen molar-refractivity contribution in [1.29, 1.82) is 0 Å². The van der Waals surface area contributed by atoms with Gasteiger partial charge in [0, 0.05) is 85.7 Å². The smallest absolute Gasteiger partial charge is 0.248 e. The Labute approximate surface area is 447 Å². The van der Waals surface area contributed by atoms with Crippen LogP contribution >= 0.6 is 11.8 Å². The van der Waals surface area contributed by atoms with E-state index in [1.165, 1.54) is 6.33 Å². The van der Waals surface area contributed by atoms with E-state index in [4.69, 9.17) is 34.5 Å². The predicted molar refractivity (Wildman–Crippen MR) is 286 cm³/mol. The van der Waals surface area contributed by atoms with Crippen LogP contribution in [0.5, 0.6) is 11.5 Å². The van der Waals surface area contributed by atoms with Gasteiger partial charge in [0.15, 0.2) is 11.4 Å². The molecule has 0 radical (unpaired) electrons. The van der Waals surface area contributed by atoms with E-state index in [2.05, 4.69) is 20.2 Å². The van der Waals surface area contributed by atoms with E-state index in [9.17, 15) is 24.0 Å². The van der Waals surface area contributed by atoms with Crippen LogP contribution in [0.15, 0.2) is 84.0 Å². The van der Waals surface area contributed by atoms with Gasteiger partial charge in [-0.1, -0.05) is 30.3 Å². The lowest BCUT2D eigenvalue weighted by molar-refractivity contribution is -0.139. The summed E-state index contributed by atoms with van der Waals surface area (Å²) in [4.78, 5) is 80.3. The number of carbonyl (C=O) groups excluding carboxylic acids is 5. The number of hydrogen-bond acceptors (Lipinski definition) is 16. The number of likely N-dealkylation sites (tertiary alicyclic amines) is 1. The van der Waals surface area contributed by atoms with Crippen molar-refractivity contribution in [2.45, 2.75) is 68.7 Å². The number of ketones is 1. The van der Waals surface area contributed by atoms with Crippen molar-refractivity contribution in [3.8, 4) is 22.8 Å². The lowest BCUT2D eigenvalue weighted by Gasteiger charge is -2.35. The van der Waals surface area contributed by atoms with Crippen LogP contribution in [-0.4, -0.2) is 168 Å². The number of piperidine rings is 2. The van der Waals surface area contributed by atoms with Gasteiger partial charge in [-0.2, -0.15) is 5.10 Å². The number of aromatic nitrogens is 4. The number of thioether (sulfide) groups is 1. The minimum Gasteiger partial charge on any atom is -0.457 e.